The van der Waals surface area contributed by atoms with Gasteiger partial charge in [0, 0.05) is 27.3 Å². The van der Waals surface area contributed by atoms with E-state index in [1.165, 1.54) is 0 Å². The second-order valence-electron chi connectivity index (χ2n) is 5.87. The first kappa shape index (κ1) is 16.3. The summed E-state index contributed by atoms with van der Waals surface area (Å²) in [4.78, 5) is 26.6. The lowest BCUT2D eigenvalue weighted by Gasteiger charge is -2.15. The van der Waals surface area contributed by atoms with Crippen LogP contribution in [0.5, 0.6) is 0 Å². The van der Waals surface area contributed by atoms with E-state index >= 15 is 0 Å². The average molecular weight is 359 g/mol. The molecule has 126 valence electrons. The van der Waals surface area contributed by atoms with Crippen LogP contribution in [0.15, 0.2) is 59.5 Å². The van der Waals surface area contributed by atoms with Crippen LogP contribution in [0.4, 0.5) is 0 Å². The van der Waals surface area contributed by atoms with Gasteiger partial charge in [-0.3, -0.25) is 14.7 Å². The lowest BCUT2D eigenvalue weighted by Crippen LogP contribution is -2.24. The zero-order chi connectivity index (χ0) is 18.1. The molecule has 6 heteroatoms. The van der Waals surface area contributed by atoms with E-state index in [4.69, 9.17) is 0 Å². The molecule has 0 fully saturated rings. The van der Waals surface area contributed by atoms with Crippen molar-refractivity contribution in [2.75, 3.05) is 0 Å². The molecule has 1 aliphatic heterocycles. The number of thioether (sulfide) groups is 1. The summed E-state index contributed by atoms with van der Waals surface area (Å²) in [5.74, 6) is -1.84. The number of carbonyl (C=O) groups is 2. The first-order chi connectivity index (χ1) is 12.7. The third kappa shape index (κ3) is 2.63. The second-order valence-corrected chi connectivity index (χ2v) is 6.88. The summed E-state index contributed by atoms with van der Waals surface area (Å²) in [5, 5.41) is 16.5. The highest BCUT2D eigenvalue weighted by Crippen LogP contribution is 2.41. The fourth-order valence-electron chi connectivity index (χ4n) is 3.02. The summed E-state index contributed by atoms with van der Waals surface area (Å²) < 4.78 is 0. The molecule has 2 heterocycles. The summed E-state index contributed by atoms with van der Waals surface area (Å²) in [7, 11) is 0. The average Bonchev–Trinajstić information content (AvgIpc) is 3.13. The summed E-state index contributed by atoms with van der Waals surface area (Å²) >= 11 is 1.61. The van der Waals surface area contributed by atoms with Crippen LogP contribution in [0, 0.1) is 17.2 Å². The molecule has 0 saturated carbocycles. The third-order valence-corrected chi connectivity index (χ3v) is 5.44. The number of ketones is 2. The molecule has 1 aliphatic rings. The van der Waals surface area contributed by atoms with Crippen LogP contribution in [0.2, 0.25) is 0 Å². The molecular weight excluding hydrogens is 346 g/mol. The number of rotatable bonds is 4. The van der Waals surface area contributed by atoms with Crippen LogP contribution < -0.4 is 0 Å². The highest BCUT2D eigenvalue weighted by atomic mass is 32.2. The Balaban J connectivity index is 1.71. The van der Waals surface area contributed by atoms with E-state index in [-0.39, 0.29) is 5.69 Å². The lowest BCUT2D eigenvalue weighted by molar-refractivity contribution is 0.0842. The molecule has 0 amide bonds. The summed E-state index contributed by atoms with van der Waals surface area (Å²) in [6.07, 6.45) is 0. The molecule has 5 nitrogen and oxygen atoms in total. The predicted molar refractivity (Wildman–Crippen MR) is 97.8 cm³/mol. The van der Waals surface area contributed by atoms with Gasteiger partial charge in [-0.1, -0.05) is 48.5 Å². The van der Waals surface area contributed by atoms with Crippen molar-refractivity contribution in [3.63, 3.8) is 0 Å². The molecule has 2 aromatic carbocycles. The van der Waals surface area contributed by atoms with Gasteiger partial charge in [0.15, 0.2) is 11.7 Å². The Hall–Kier alpha value is -3.17. The lowest BCUT2D eigenvalue weighted by atomic mass is 9.91. The predicted octanol–water partition coefficient (Wildman–Crippen LogP) is 3.89. The summed E-state index contributed by atoms with van der Waals surface area (Å²) in [6, 6.07) is 18.1. The number of H-pyrrole nitrogens is 1. The Morgan fingerprint density at radius 1 is 1.08 bits per heavy atom. The summed E-state index contributed by atoms with van der Waals surface area (Å²) in [6.45, 7) is 0. The Kier molecular flexibility index (Phi) is 4.15. The van der Waals surface area contributed by atoms with Crippen LogP contribution in [0.1, 0.15) is 26.4 Å². The van der Waals surface area contributed by atoms with Crippen molar-refractivity contribution in [2.45, 2.75) is 10.6 Å². The number of aromatic amines is 1. The maximum absolute atomic E-state index is 12.9. The van der Waals surface area contributed by atoms with Crippen LogP contribution >= 0.6 is 11.8 Å². The number of hydrogen-bond acceptors (Lipinski definition) is 5. The number of carbonyl (C=O) groups excluding carboxylic acids is 2. The number of Topliss-reactive ketones (excluding diaryl/α,β-unsaturated/α-hetero) is 2. The number of fused-ring (bicyclic) bond motifs is 3. The Morgan fingerprint density at radius 3 is 2.58 bits per heavy atom. The number of nitrogens with one attached hydrogen (secondary N) is 1. The highest BCUT2D eigenvalue weighted by Gasteiger charge is 2.33. The van der Waals surface area contributed by atoms with Gasteiger partial charge in [-0.15, -0.1) is 11.8 Å². The molecule has 1 atom stereocenters. The second kappa shape index (κ2) is 6.62. The number of hydrogen-bond donors (Lipinski definition) is 1. The molecule has 4 rings (SSSR count). The molecule has 1 aromatic heterocycles. The molecule has 0 spiro atoms. The van der Waals surface area contributed by atoms with E-state index < -0.39 is 17.5 Å². The van der Waals surface area contributed by atoms with E-state index in [0.717, 1.165) is 16.0 Å². The van der Waals surface area contributed by atoms with Crippen LogP contribution in [0.3, 0.4) is 0 Å². The molecule has 0 saturated heterocycles. The van der Waals surface area contributed by atoms with Gasteiger partial charge in [-0.2, -0.15) is 10.4 Å². The number of aromatic nitrogens is 2. The third-order valence-electron chi connectivity index (χ3n) is 4.34. The topological polar surface area (TPSA) is 86.6 Å². The largest absolute Gasteiger partial charge is 0.292 e. The molecule has 26 heavy (non-hydrogen) atoms. The quantitative estimate of drug-likeness (QED) is 0.564. The number of nitriles is 1. The molecule has 0 radical (unpaired) electrons. The van der Waals surface area contributed by atoms with Crippen molar-refractivity contribution in [3.05, 3.63) is 71.4 Å². The van der Waals surface area contributed by atoms with E-state index in [1.54, 1.807) is 42.1 Å². The fraction of sp³-hybridized carbons (Fsp3) is 0.100. The normalized spacial score (nSPS) is 13.2. The van der Waals surface area contributed by atoms with Gasteiger partial charge in [0.2, 0.25) is 5.78 Å². The van der Waals surface area contributed by atoms with E-state index in [0.29, 0.717) is 17.0 Å². The van der Waals surface area contributed by atoms with Gasteiger partial charge in [-0.05, 0) is 6.07 Å². The van der Waals surface area contributed by atoms with Crippen molar-refractivity contribution in [1.82, 2.24) is 10.2 Å². The van der Waals surface area contributed by atoms with Crippen LogP contribution in [-0.2, 0) is 5.75 Å². The zero-order valence-electron chi connectivity index (χ0n) is 13.6. The zero-order valence-corrected chi connectivity index (χ0v) is 14.4. The standard InChI is InChI=1S/C20H13N3O2S/c21-10-14(19(24)12-6-2-1-3-7-12)20(25)18-15-11-26-16-9-5-4-8-13(16)17(15)22-23-18/h1-9,14H,11H2,(H,22,23). The van der Waals surface area contributed by atoms with E-state index in [9.17, 15) is 14.9 Å². The van der Waals surface area contributed by atoms with Crippen molar-refractivity contribution in [3.8, 4) is 17.3 Å². The molecule has 3 aromatic rings. The maximum atomic E-state index is 12.9. The van der Waals surface area contributed by atoms with Crippen LogP contribution in [0.25, 0.3) is 11.3 Å². The van der Waals surface area contributed by atoms with Gasteiger partial charge in [0.05, 0.1) is 11.8 Å². The van der Waals surface area contributed by atoms with Gasteiger partial charge >= 0.3 is 0 Å². The maximum Gasteiger partial charge on any atom is 0.205 e. The van der Waals surface area contributed by atoms with Crippen LogP contribution in [-0.4, -0.2) is 21.8 Å². The van der Waals surface area contributed by atoms with Crippen molar-refractivity contribution >= 4 is 23.3 Å². The molecular formula is C20H13N3O2S. The Labute approximate surface area is 154 Å². The van der Waals surface area contributed by atoms with Gasteiger partial charge < -0.3 is 0 Å². The van der Waals surface area contributed by atoms with Gasteiger partial charge in [0.25, 0.3) is 0 Å². The van der Waals surface area contributed by atoms with Gasteiger partial charge in [-0.25, -0.2) is 0 Å². The minimum absolute atomic E-state index is 0.248. The van der Waals surface area contributed by atoms with Crippen molar-refractivity contribution in [1.29, 1.82) is 5.26 Å². The first-order valence-corrected chi connectivity index (χ1v) is 9.02. The number of nitrogens with zero attached hydrogens (tertiary/aromatic N) is 2. The molecule has 1 unspecified atom stereocenters. The molecule has 0 bridgehead atoms. The van der Waals surface area contributed by atoms with E-state index in [2.05, 4.69) is 10.2 Å². The number of benzene rings is 2. The SMILES string of the molecule is N#CC(C(=O)c1ccccc1)C(=O)c1[nH]nc2c1CSc1ccccc1-2. The smallest absolute Gasteiger partial charge is 0.205 e. The minimum atomic E-state index is -1.39. The van der Waals surface area contributed by atoms with Crippen molar-refractivity contribution in [2.24, 2.45) is 5.92 Å². The minimum Gasteiger partial charge on any atom is -0.292 e. The first-order valence-electron chi connectivity index (χ1n) is 8.03. The van der Waals surface area contributed by atoms with Crippen molar-refractivity contribution < 1.29 is 9.59 Å². The highest BCUT2D eigenvalue weighted by molar-refractivity contribution is 7.98. The molecule has 1 N–H and O–H groups in total. The van der Waals surface area contributed by atoms with Gasteiger partial charge in [0.1, 0.15) is 5.69 Å². The van der Waals surface area contributed by atoms with E-state index in [1.807, 2.05) is 30.3 Å². The molecule has 0 aliphatic carbocycles. The fourth-order valence-corrected chi connectivity index (χ4v) is 4.10. The Bertz CT molecular complexity index is 1050. The summed E-state index contributed by atoms with van der Waals surface area (Å²) in [5.41, 5.74) is 3.02. The Morgan fingerprint density at radius 2 is 1.81 bits per heavy atom. The monoisotopic (exact) mass is 359 g/mol.